The summed E-state index contributed by atoms with van der Waals surface area (Å²) in [5.74, 6) is 0.930. The van der Waals surface area contributed by atoms with Gasteiger partial charge in [0.05, 0.1) is 19.3 Å². The van der Waals surface area contributed by atoms with Gasteiger partial charge in [0, 0.05) is 19.1 Å². The number of nitrogens with zero attached hydrogens (tertiary/aromatic N) is 1. The summed E-state index contributed by atoms with van der Waals surface area (Å²) in [6, 6.07) is 4.49. The molecule has 0 aliphatic carbocycles. The molecule has 0 aromatic carbocycles. The molecule has 0 amide bonds. The van der Waals surface area contributed by atoms with Gasteiger partial charge in [-0.05, 0) is 34.5 Å². The Balaban J connectivity index is 2.16. The van der Waals surface area contributed by atoms with Crippen LogP contribution in [0.4, 0.5) is 0 Å². The molecule has 2 N–H and O–H groups in total. The molecular formula is C12H19BrN2O2. The Kier molecular flexibility index (Phi) is 4.62. The van der Waals surface area contributed by atoms with Crippen LogP contribution in [0.5, 0.6) is 0 Å². The summed E-state index contributed by atoms with van der Waals surface area (Å²) in [6.45, 7) is 5.22. The highest BCUT2D eigenvalue weighted by Crippen LogP contribution is 2.28. The fraction of sp³-hybridized carbons (Fsp3) is 0.667. The third kappa shape index (κ3) is 2.91. The Labute approximate surface area is 110 Å². The van der Waals surface area contributed by atoms with Crippen molar-refractivity contribution in [3.8, 4) is 0 Å². The van der Waals surface area contributed by atoms with Crippen molar-refractivity contribution in [2.75, 3.05) is 26.3 Å². The van der Waals surface area contributed by atoms with Crippen molar-refractivity contribution in [2.24, 2.45) is 5.73 Å². The molecule has 0 radical (unpaired) electrons. The maximum atomic E-state index is 5.90. The van der Waals surface area contributed by atoms with Crippen LogP contribution >= 0.6 is 15.9 Å². The van der Waals surface area contributed by atoms with E-state index in [0.717, 1.165) is 36.6 Å². The number of furan rings is 1. The van der Waals surface area contributed by atoms with E-state index in [2.05, 4.69) is 27.8 Å². The zero-order chi connectivity index (χ0) is 12.3. The summed E-state index contributed by atoms with van der Waals surface area (Å²) in [6.07, 6.45) is 1.07. The smallest absolute Gasteiger partial charge is 0.169 e. The first-order valence-electron chi connectivity index (χ1n) is 6.05. The van der Waals surface area contributed by atoms with E-state index in [0.29, 0.717) is 12.6 Å². The molecule has 1 aliphatic heterocycles. The average molecular weight is 303 g/mol. The van der Waals surface area contributed by atoms with Crippen molar-refractivity contribution in [3.63, 3.8) is 0 Å². The molecule has 0 bridgehead atoms. The maximum absolute atomic E-state index is 5.90. The van der Waals surface area contributed by atoms with Gasteiger partial charge < -0.3 is 14.9 Å². The highest BCUT2D eigenvalue weighted by atomic mass is 79.9. The van der Waals surface area contributed by atoms with Gasteiger partial charge in [-0.3, -0.25) is 4.90 Å². The van der Waals surface area contributed by atoms with E-state index in [1.54, 1.807) is 0 Å². The van der Waals surface area contributed by atoms with Gasteiger partial charge in [-0.1, -0.05) is 6.92 Å². The van der Waals surface area contributed by atoms with Crippen LogP contribution < -0.4 is 5.73 Å². The largest absolute Gasteiger partial charge is 0.453 e. The molecular weight excluding hydrogens is 284 g/mol. The molecule has 2 rings (SSSR count). The number of hydrogen-bond acceptors (Lipinski definition) is 4. The van der Waals surface area contributed by atoms with Crippen LogP contribution in [0.2, 0.25) is 0 Å². The zero-order valence-corrected chi connectivity index (χ0v) is 11.6. The molecule has 0 saturated carbocycles. The molecule has 17 heavy (non-hydrogen) atoms. The average Bonchev–Trinajstić information content (AvgIpc) is 2.77. The van der Waals surface area contributed by atoms with E-state index in [9.17, 15) is 0 Å². The van der Waals surface area contributed by atoms with Gasteiger partial charge in [-0.25, -0.2) is 0 Å². The second kappa shape index (κ2) is 6.00. The number of halogens is 1. The van der Waals surface area contributed by atoms with Crippen molar-refractivity contribution in [1.29, 1.82) is 0 Å². The summed E-state index contributed by atoms with van der Waals surface area (Å²) in [4.78, 5) is 2.40. The zero-order valence-electron chi connectivity index (χ0n) is 10.1. The van der Waals surface area contributed by atoms with Crippen LogP contribution in [-0.2, 0) is 4.74 Å². The Morgan fingerprint density at radius 2 is 2.41 bits per heavy atom. The van der Waals surface area contributed by atoms with Crippen LogP contribution in [-0.4, -0.2) is 37.2 Å². The van der Waals surface area contributed by atoms with E-state index >= 15 is 0 Å². The lowest BCUT2D eigenvalue weighted by Gasteiger charge is -2.39. The summed E-state index contributed by atoms with van der Waals surface area (Å²) >= 11 is 3.34. The molecule has 4 nitrogen and oxygen atoms in total. The standard InChI is InChI=1S/C12H19BrN2O2/c1-2-9-8-16-6-5-15(9)10(7-14)11-3-4-12(13)17-11/h3-4,9-10H,2,5-8,14H2,1H3. The lowest BCUT2D eigenvalue weighted by atomic mass is 10.1. The monoisotopic (exact) mass is 302 g/mol. The third-order valence-electron chi connectivity index (χ3n) is 3.29. The Morgan fingerprint density at radius 3 is 3.00 bits per heavy atom. The molecule has 5 heteroatoms. The van der Waals surface area contributed by atoms with Gasteiger partial charge in [0.25, 0.3) is 0 Å². The first-order chi connectivity index (χ1) is 8.26. The molecule has 1 aliphatic rings. The maximum Gasteiger partial charge on any atom is 0.169 e. The lowest BCUT2D eigenvalue weighted by Crippen LogP contribution is -2.48. The van der Waals surface area contributed by atoms with Crippen LogP contribution in [0.1, 0.15) is 25.1 Å². The van der Waals surface area contributed by atoms with Crippen molar-refractivity contribution < 1.29 is 9.15 Å². The van der Waals surface area contributed by atoms with Gasteiger partial charge in [0.1, 0.15) is 5.76 Å². The fourth-order valence-electron chi connectivity index (χ4n) is 2.35. The third-order valence-corrected chi connectivity index (χ3v) is 3.72. The van der Waals surface area contributed by atoms with E-state index in [1.807, 2.05) is 12.1 Å². The Morgan fingerprint density at radius 1 is 1.59 bits per heavy atom. The topological polar surface area (TPSA) is 51.6 Å². The molecule has 2 unspecified atom stereocenters. The summed E-state index contributed by atoms with van der Waals surface area (Å²) in [5, 5.41) is 0. The van der Waals surface area contributed by atoms with E-state index < -0.39 is 0 Å². The van der Waals surface area contributed by atoms with Crippen molar-refractivity contribution in [1.82, 2.24) is 4.90 Å². The van der Waals surface area contributed by atoms with Crippen LogP contribution in [0.25, 0.3) is 0 Å². The normalized spacial score (nSPS) is 23.8. The number of morpholine rings is 1. The molecule has 1 saturated heterocycles. The number of hydrogen-bond donors (Lipinski definition) is 1. The van der Waals surface area contributed by atoms with Gasteiger partial charge in [-0.2, -0.15) is 0 Å². The summed E-state index contributed by atoms with van der Waals surface area (Å²) in [7, 11) is 0. The number of ether oxygens (including phenoxy) is 1. The van der Waals surface area contributed by atoms with Crippen LogP contribution in [0, 0.1) is 0 Å². The van der Waals surface area contributed by atoms with Crippen molar-refractivity contribution >= 4 is 15.9 Å². The summed E-state index contributed by atoms with van der Waals surface area (Å²) in [5.41, 5.74) is 5.90. The quantitative estimate of drug-likeness (QED) is 0.926. The molecule has 1 aromatic heterocycles. The van der Waals surface area contributed by atoms with Crippen molar-refractivity contribution in [2.45, 2.75) is 25.4 Å². The lowest BCUT2D eigenvalue weighted by molar-refractivity contribution is -0.0330. The number of nitrogens with two attached hydrogens (primary N) is 1. The highest BCUT2D eigenvalue weighted by molar-refractivity contribution is 9.10. The molecule has 2 atom stereocenters. The van der Waals surface area contributed by atoms with Gasteiger partial charge in [-0.15, -0.1) is 0 Å². The van der Waals surface area contributed by atoms with Gasteiger partial charge in [0.2, 0.25) is 0 Å². The van der Waals surface area contributed by atoms with Gasteiger partial charge >= 0.3 is 0 Å². The second-order valence-corrected chi connectivity index (χ2v) is 5.05. The van der Waals surface area contributed by atoms with Crippen molar-refractivity contribution in [3.05, 3.63) is 22.6 Å². The minimum Gasteiger partial charge on any atom is -0.453 e. The van der Waals surface area contributed by atoms with E-state index in [4.69, 9.17) is 14.9 Å². The van der Waals surface area contributed by atoms with Gasteiger partial charge in [0.15, 0.2) is 4.67 Å². The fourth-order valence-corrected chi connectivity index (χ4v) is 2.67. The summed E-state index contributed by atoms with van der Waals surface area (Å²) < 4.78 is 11.9. The molecule has 2 heterocycles. The molecule has 96 valence electrons. The highest BCUT2D eigenvalue weighted by Gasteiger charge is 2.30. The van der Waals surface area contributed by atoms with E-state index in [1.165, 1.54) is 0 Å². The van der Waals surface area contributed by atoms with Crippen LogP contribution in [0.15, 0.2) is 21.2 Å². The Bertz CT molecular complexity index is 356. The predicted octanol–water partition coefficient (Wildman–Crippen LogP) is 2.15. The minimum atomic E-state index is 0.148. The first-order valence-corrected chi connectivity index (χ1v) is 6.84. The second-order valence-electron chi connectivity index (χ2n) is 4.27. The predicted molar refractivity (Wildman–Crippen MR) is 69.8 cm³/mol. The van der Waals surface area contributed by atoms with E-state index in [-0.39, 0.29) is 6.04 Å². The first kappa shape index (κ1) is 13.1. The minimum absolute atomic E-state index is 0.148. The Hall–Kier alpha value is -0.360. The molecule has 1 fully saturated rings. The molecule has 0 spiro atoms. The molecule has 1 aromatic rings. The SMILES string of the molecule is CCC1COCCN1C(CN)c1ccc(Br)o1. The van der Waals surface area contributed by atoms with Crippen LogP contribution in [0.3, 0.4) is 0 Å². The number of rotatable bonds is 4.